The van der Waals surface area contributed by atoms with Crippen LogP contribution in [0.2, 0.25) is 0 Å². The van der Waals surface area contributed by atoms with Crippen molar-refractivity contribution >= 4 is 26.0 Å². The third kappa shape index (κ3) is 3.08. The van der Waals surface area contributed by atoms with Gasteiger partial charge in [0, 0.05) is 36.5 Å². The molecule has 22 heavy (non-hydrogen) atoms. The molecule has 0 saturated carbocycles. The summed E-state index contributed by atoms with van der Waals surface area (Å²) in [5.41, 5.74) is 0.897. The number of piperazine rings is 1. The molecule has 1 aliphatic rings. The van der Waals surface area contributed by atoms with Crippen LogP contribution >= 0.6 is 15.9 Å². The fourth-order valence-corrected chi connectivity index (χ4v) is 4.80. The van der Waals surface area contributed by atoms with Gasteiger partial charge >= 0.3 is 0 Å². The van der Waals surface area contributed by atoms with E-state index in [0.717, 1.165) is 10.0 Å². The maximum absolute atomic E-state index is 13.0. The molecular weight excluding hydrogens is 366 g/mol. The summed E-state index contributed by atoms with van der Waals surface area (Å²) in [7, 11) is -3.55. The SMILES string of the molecule is O=S(=O)(c1cccc(Br)c1)N1CCNCC1c1cccnc1. The number of sulfonamides is 1. The van der Waals surface area contributed by atoms with Crippen LogP contribution in [0.4, 0.5) is 0 Å². The Kier molecular flexibility index (Phi) is 4.58. The van der Waals surface area contributed by atoms with Gasteiger partial charge in [0.1, 0.15) is 0 Å². The summed E-state index contributed by atoms with van der Waals surface area (Å²) in [5, 5.41) is 3.26. The van der Waals surface area contributed by atoms with Crippen LogP contribution in [-0.4, -0.2) is 37.3 Å². The minimum absolute atomic E-state index is 0.244. The summed E-state index contributed by atoms with van der Waals surface area (Å²) in [6.07, 6.45) is 3.41. The van der Waals surface area contributed by atoms with E-state index < -0.39 is 10.0 Å². The van der Waals surface area contributed by atoms with E-state index >= 15 is 0 Å². The Hall–Kier alpha value is -1.28. The van der Waals surface area contributed by atoms with Gasteiger partial charge in [-0.3, -0.25) is 4.98 Å². The second-order valence-electron chi connectivity index (χ2n) is 5.08. The summed E-state index contributed by atoms with van der Waals surface area (Å²) in [6.45, 7) is 1.66. The molecule has 0 radical (unpaired) electrons. The Bertz CT molecular complexity index is 752. The Morgan fingerprint density at radius 3 is 2.86 bits per heavy atom. The zero-order valence-corrected chi connectivity index (χ0v) is 14.2. The van der Waals surface area contributed by atoms with Crippen molar-refractivity contribution in [2.75, 3.05) is 19.6 Å². The van der Waals surface area contributed by atoms with Gasteiger partial charge in [-0.05, 0) is 29.8 Å². The smallest absolute Gasteiger partial charge is 0.243 e. The molecule has 0 bridgehead atoms. The molecule has 3 rings (SSSR count). The first-order valence-corrected chi connectivity index (χ1v) is 9.20. The molecule has 5 nitrogen and oxygen atoms in total. The third-order valence-corrected chi connectivity index (χ3v) is 6.06. The normalized spacial score (nSPS) is 20.0. The highest BCUT2D eigenvalue weighted by Gasteiger charge is 2.34. The maximum atomic E-state index is 13.0. The predicted octanol–water partition coefficient (Wildman–Crippen LogP) is 2.18. The number of hydrogen-bond donors (Lipinski definition) is 1. The molecule has 1 atom stereocenters. The lowest BCUT2D eigenvalue weighted by atomic mass is 10.1. The second kappa shape index (κ2) is 6.45. The van der Waals surface area contributed by atoms with E-state index in [1.54, 1.807) is 34.9 Å². The number of nitrogens with one attached hydrogen (secondary N) is 1. The fraction of sp³-hybridized carbons (Fsp3) is 0.267. The third-order valence-electron chi connectivity index (χ3n) is 3.67. The average molecular weight is 382 g/mol. The zero-order valence-electron chi connectivity index (χ0n) is 11.8. The van der Waals surface area contributed by atoms with Gasteiger partial charge < -0.3 is 5.32 Å². The lowest BCUT2D eigenvalue weighted by molar-refractivity contribution is 0.271. The molecule has 1 fully saturated rings. The number of nitrogens with zero attached hydrogens (tertiary/aromatic N) is 2. The van der Waals surface area contributed by atoms with E-state index in [-0.39, 0.29) is 6.04 Å². The number of halogens is 1. The molecule has 1 saturated heterocycles. The van der Waals surface area contributed by atoms with Crippen LogP contribution in [-0.2, 0) is 10.0 Å². The van der Waals surface area contributed by atoms with Crippen LogP contribution in [0.1, 0.15) is 11.6 Å². The van der Waals surface area contributed by atoms with E-state index in [1.165, 1.54) is 0 Å². The van der Waals surface area contributed by atoms with Crippen molar-refractivity contribution in [2.45, 2.75) is 10.9 Å². The van der Waals surface area contributed by atoms with Gasteiger partial charge in [0.15, 0.2) is 0 Å². The minimum atomic E-state index is -3.55. The van der Waals surface area contributed by atoms with Crippen molar-refractivity contribution < 1.29 is 8.42 Å². The first kappa shape index (κ1) is 15.6. The molecule has 2 aromatic rings. The summed E-state index contributed by atoms with van der Waals surface area (Å²) < 4.78 is 28.3. The molecule has 0 amide bonds. The average Bonchev–Trinajstić information content (AvgIpc) is 2.56. The van der Waals surface area contributed by atoms with E-state index in [4.69, 9.17) is 0 Å². The number of hydrogen-bond acceptors (Lipinski definition) is 4. The highest BCUT2D eigenvalue weighted by Crippen LogP contribution is 2.29. The lowest BCUT2D eigenvalue weighted by Gasteiger charge is -2.35. The van der Waals surface area contributed by atoms with Gasteiger partial charge in [-0.2, -0.15) is 4.31 Å². The van der Waals surface area contributed by atoms with Crippen molar-refractivity contribution in [2.24, 2.45) is 0 Å². The summed E-state index contributed by atoms with van der Waals surface area (Å²) >= 11 is 3.33. The van der Waals surface area contributed by atoms with Crippen LogP contribution in [0.3, 0.4) is 0 Å². The number of benzene rings is 1. The van der Waals surface area contributed by atoms with E-state index in [1.807, 2.05) is 18.2 Å². The Labute approximate surface area is 138 Å². The molecule has 0 aliphatic carbocycles. The molecule has 1 aliphatic heterocycles. The predicted molar refractivity (Wildman–Crippen MR) is 87.9 cm³/mol. The van der Waals surface area contributed by atoms with Gasteiger partial charge in [0.25, 0.3) is 0 Å². The topological polar surface area (TPSA) is 62.3 Å². The molecule has 7 heteroatoms. The molecule has 1 N–H and O–H groups in total. The standard InChI is InChI=1S/C15H16BrN3O2S/c16-13-4-1-5-14(9-13)22(20,21)19-8-7-18-11-15(19)12-3-2-6-17-10-12/h1-6,9-10,15,18H,7-8,11H2. The number of aromatic nitrogens is 1. The van der Waals surface area contributed by atoms with Crippen LogP contribution in [0.25, 0.3) is 0 Å². The molecule has 2 heterocycles. The van der Waals surface area contributed by atoms with Crippen molar-refractivity contribution in [3.05, 3.63) is 58.8 Å². The van der Waals surface area contributed by atoms with Crippen LogP contribution in [0, 0.1) is 0 Å². The zero-order chi connectivity index (χ0) is 15.6. The van der Waals surface area contributed by atoms with Gasteiger partial charge in [-0.25, -0.2) is 8.42 Å². The Morgan fingerprint density at radius 1 is 1.27 bits per heavy atom. The van der Waals surface area contributed by atoms with E-state index in [0.29, 0.717) is 24.5 Å². The van der Waals surface area contributed by atoms with Crippen LogP contribution in [0.5, 0.6) is 0 Å². The molecule has 1 unspecified atom stereocenters. The summed E-state index contributed by atoms with van der Waals surface area (Å²) in [6, 6.07) is 10.3. The highest BCUT2D eigenvalue weighted by atomic mass is 79.9. The van der Waals surface area contributed by atoms with E-state index in [9.17, 15) is 8.42 Å². The molecule has 1 aromatic carbocycles. The lowest BCUT2D eigenvalue weighted by Crippen LogP contribution is -2.48. The largest absolute Gasteiger partial charge is 0.313 e. The monoisotopic (exact) mass is 381 g/mol. The Morgan fingerprint density at radius 2 is 2.14 bits per heavy atom. The van der Waals surface area contributed by atoms with Crippen molar-refractivity contribution in [1.82, 2.24) is 14.6 Å². The maximum Gasteiger partial charge on any atom is 0.243 e. The van der Waals surface area contributed by atoms with Gasteiger partial charge in [0.05, 0.1) is 10.9 Å². The molecule has 1 aromatic heterocycles. The van der Waals surface area contributed by atoms with Crippen LogP contribution in [0.15, 0.2) is 58.2 Å². The molecule has 116 valence electrons. The van der Waals surface area contributed by atoms with Gasteiger partial charge in [-0.15, -0.1) is 0 Å². The van der Waals surface area contributed by atoms with Crippen molar-refractivity contribution in [3.63, 3.8) is 0 Å². The second-order valence-corrected chi connectivity index (χ2v) is 7.89. The van der Waals surface area contributed by atoms with Crippen LogP contribution < -0.4 is 5.32 Å². The van der Waals surface area contributed by atoms with Gasteiger partial charge in [0.2, 0.25) is 10.0 Å². The Balaban J connectivity index is 2.00. The summed E-state index contributed by atoms with van der Waals surface area (Å²) in [5.74, 6) is 0. The first-order valence-electron chi connectivity index (χ1n) is 6.97. The summed E-state index contributed by atoms with van der Waals surface area (Å²) in [4.78, 5) is 4.41. The van der Waals surface area contributed by atoms with E-state index in [2.05, 4.69) is 26.2 Å². The quantitative estimate of drug-likeness (QED) is 0.884. The van der Waals surface area contributed by atoms with Crippen molar-refractivity contribution in [1.29, 1.82) is 0 Å². The van der Waals surface area contributed by atoms with Gasteiger partial charge in [-0.1, -0.05) is 28.1 Å². The van der Waals surface area contributed by atoms with Crippen molar-refractivity contribution in [3.8, 4) is 0 Å². The number of rotatable bonds is 3. The highest BCUT2D eigenvalue weighted by molar-refractivity contribution is 9.10. The molecular formula is C15H16BrN3O2S. The molecule has 0 spiro atoms. The minimum Gasteiger partial charge on any atom is -0.313 e. The first-order chi connectivity index (χ1) is 10.6. The fourth-order valence-electron chi connectivity index (χ4n) is 2.59. The number of pyridine rings is 1.